The first-order valence-electron chi connectivity index (χ1n) is 6.75. The fourth-order valence-electron chi connectivity index (χ4n) is 2.05. The number of aromatic nitrogens is 2. The molecule has 1 aromatic carbocycles. The number of benzene rings is 1. The molecule has 6 heteroatoms. The van der Waals surface area contributed by atoms with Gasteiger partial charge in [-0.25, -0.2) is 0 Å². The van der Waals surface area contributed by atoms with Gasteiger partial charge in [-0.15, -0.1) is 0 Å². The van der Waals surface area contributed by atoms with E-state index in [1.165, 1.54) is 5.56 Å². The molecule has 0 aliphatic carbocycles. The van der Waals surface area contributed by atoms with Gasteiger partial charge < -0.3 is 10.2 Å². The Morgan fingerprint density at radius 1 is 1.38 bits per heavy atom. The van der Waals surface area contributed by atoms with Gasteiger partial charge in [0.1, 0.15) is 0 Å². The maximum atomic E-state index is 5.90. The molecule has 21 heavy (non-hydrogen) atoms. The Morgan fingerprint density at radius 3 is 2.67 bits per heavy atom. The summed E-state index contributed by atoms with van der Waals surface area (Å²) in [7, 11) is 3.79. The number of aromatic amines is 1. The third kappa shape index (κ3) is 4.23. The van der Waals surface area contributed by atoms with Crippen LogP contribution in [-0.2, 0) is 13.1 Å². The van der Waals surface area contributed by atoms with E-state index in [2.05, 4.69) is 25.4 Å². The molecule has 1 aromatic heterocycles. The first-order valence-corrected chi connectivity index (χ1v) is 7.13. The quantitative estimate of drug-likeness (QED) is 0.674. The van der Waals surface area contributed by atoms with Gasteiger partial charge in [-0.3, -0.25) is 10.1 Å². The first-order chi connectivity index (χ1) is 10.1. The van der Waals surface area contributed by atoms with Gasteiger partial charge in [-0.1, -0.05) is 23.7 Å². The Kier molecular flexibility index (Phi) is 5.22. The summed E-state index contributed by atoms with van der Waals surface area (Å²) in [5, 5.41) is 11.0. The number of hydrogen-bond acceptors (Lipinski definition) is 2. The summed E-state index contributed by atoms with van der Waals surface area (Å²) >= 11 is 5.90. The Labute approximate surface area is 130 Å². The zero-order chi connectivity index (χ0) is 15.2. The van der Waals surface area contributed by atoms with Crippen LogP contribution >= 0.6 is 11.6 Å². The first kappa shape index (κ1) is 15.4. The van der Waals surface area contributed by atoms with Crippen molar-refractivity contribution in [1.82, 2.24) is 20.4 Å². The Balaban J connectivity index is 1.94. The summed E-state index contributed by atoms with van der Waals surface area (Å²) in [5.41, 5.74) is 3.39. The van der Waals surface area contributed by atoms with Crippen LogP contribution in [-0.4, -0.2) is 35.2 Å². The van der Waals surface area contributed by atoms with E-state index in [1.807, 2.05) is 44.4 Å². The number of hydrogen-bond donors (Lipinski definition) is 2. The zero-order valence-corrected chi connectivity index (χ0v) is 13.3. The van der Waals surface area contributed by atoms with Gasteiger partial charge in [-0.2, -0.15) is 5.10 Å². The fraction of sp³-hybridized carbons (Fsp3) is 0.333. The monoisotopic (exact) mass is 305 g/mol. The predicted octanol–water partition coefficient (Wildman–Crippen LogP) is 2.58. The molecule has 0 unspecified atom stereocenters. The number of halogens is 1. The van der Waals surface area contributed by atoms with Gasteiger partial charge in [-0.05, 0) is 24.6 Å². The highest BCUT2D eigenvalue weighted by Gasteiger charge is 2.08. The van der Waals surface area contributed by atoms with Crippen LogP contribution in [0.3, 0.4) is 0 Å². The van der Waals surface area contributed by atoms with Gasteiger partial charge >= 0.3 is 0 Å². The van der Waals surface area contributed by atoms with Crippen molar-refractivity contribution >= 4 is 17.6 Å². The highest BCUT2D eigenvalue weighted by atomic mass is 35.5. The van der Waals surface area contributed by atoms with Gasteiger partial charge in [0.05, 0.1) is 6.20 Å². The highest BCUT2D eigenvalue weighted by molar-refractivity contribution is 6.30. The van der Waals surface area contributed by atoms with Crippen LogP contribution in [0.2, 0.25) is 5.02 Å². The van der Waals surface area contributed by atoms with E-state index in [9.17, 15) is 0 Å². The van der Waals surface area contributed by atoms with E-state index in [1.54, 1.807) is 7.05 Å². The number of H-pyrrole nitrogens is 1. The molecule has 0 aliphatic rings. The Hall–Kier alpha value is -2.01. The van der Waals surface area contributed by atoms with Crippen molar-refractivity contribution < 1.29 is 0 Å². The average molecular weight is 306 g/mol. The lowest BCUT2D eigenvalue weighted by Crippen LogP contribution is -2.38. The largest absolute Gasteiger partial charge is 0.352 e. The van der Waals surface area contributed by atoms with Crippen molar-refractivity contribution in [2.24, 2.45) is 4.99 Å². The van der Waals surface area contributed by atoms with Crippen LogP contribution < -0.4 is 5.32 Å². The molecule has 0 saturated heterocycles. The molecule has 0 fully saturated rings. The van der Waals surface area contributed by atoms with E-state index in [-0.39, 0.29) is 0 Å². The molecule has 2 rings (SSSR count). The van der Waals surface area contributed by atoms with E-state index in [4.69, 9.17) is 11.6 Å². The molecule has 0 radical (unpaired) electrons. The second-order valence-corrected chi connectivity index (χ2v) is 5.34. The molecule has 0 bridgehead atoms. The molecule has 0 aliphatic heterocycles. The van der Waals surface area contributed by atoms with E-state index in [0.29, 0.717) is 6.54 Å². The van der Waals surface area contributed by atoms with Crippen LogP contribution in [0.1, 0.15) is 16.8 Å². The van der Waals surface area contributed by atoms with Crippen molar-refractivity contribution in [3.63, 3.8) is 0 Å². The summed E-state index contributed by atoms with van der Waals surface area (Å²) in [4.78, 5) is 6.37. The lowest BCUT2D eigenvalue weighted by molar-refractivity contribution is 0.476. The molecule has 1 heterocycles. The maximum Gasteiger partial charge on any atom is 0.193 e. The van der Waals surface area contributed by atoms with E-state index >= 15 is 0 Å². The van der Waals surface area contributed by atoms with Gasteiger partial charge in [0.15, 0.2) is 5.96 Å². The standard InChI is InChI=1S/C15H20ClN5/c1-11-13(9-19-20-11)8-18-15(17-2)21(3)10-12-4-6-14(16)7-5-12/h4-7,9H,8,10H2,1-3H3,(H,17,18)(H,19,20). The van der Waals surface area contributed by atoms with E-state index in [0.717, 1.165) is 28.8 Å². The second-order valence-electron chi connectivity index (χ2n) is 4.90. The minimum Gasteiger partial charge on any atom is -0.352 e. The fourth-order valence-corrected chi connectivity index (χ4v) is 2.18. The predicted molar refractivity (Wildman–Crippen MR) is 86.4 cm³/mol. The molecule has 2 aromatic rings. The smallest absolute Gasteiger partial charge is 0.193 e. The molecule has 2 N–H and O–H groups in total. The number of rotatable bonds is 4. The summed E-state index contributed by atoms with van der Waals surface area (Å²) in [6.07, 6.45) is 1.83. The zero-order valence-electron chi connectivity index (χ0n) is 12.5. The van der Waals surface area contributed by atoms with E-state index < -0.39 is 0 Å². The average Bonchev–Trinajstić information content (AvgIpc) is 2.88. The van der Waals surface area contributed by atoms with Gasteiger partial charge in [0.2, 0.25) is 0 Å². The third-order valence-electron chi connectivity index (χ3n) is 3.28. The molecule has 5 nitrogen and oxygen atoms in total. The topological polar surface area (TPSA) is 56.3 Å². The van der Waals surface area contributed by atoms with Crippen LogP contribution in [0.4, 0.5) is 0 Å². The summed E-state index contributed by atoms with van der Waals surface area (Å²) in [6, 6.07) is 7.84. The number of nitrogens with one attached hydrogen (secondary N) is 2. The van der Waals surface area contributed by atoms with Crippen molar-refractivity contribution in [2.75, 3.05) is 14.1 Å². The molecular formula is C15H20ClN5. The summed E-state index contributed by atoms with van der Waals surface area (Å²) in [6.45, 7) is 3.46. The Morgan fingerprint density at radius 2 is 2.10 bits per heavy atom. The molecule has 112 valence electrons. The van der Waals surface area contributed by atoms with Crippen molar-refractivity contribution in [1.29, 1.82) is 0 Å². The van der Waals surface area contributed by atoms with Crippen molar-refractivity contribution in [2.45, 2.75) is 20.0 Å². The highest BCUT2D eigenvalue weighted by Crippen LogP contribution is 2.11. The number of aryl methyl sites for hydroxylation is 1. The Bertz CT molecular complexity index is 603. The normalized spacial score (nSPS) is 11.5. The van der Waals surface area contributed by atoms with Crippen LogP contribution in [0.25, 0.3) is 0 Å². The van der Waals surface area contributed by atoms with Crippen LogP contribution in [0.15, 0.2) is 35.5 Å². The van der Waals surface area contributed by atoms with Crippen molar-refractivity contribution in [3.05, 3.63) is 52.3 Å². The molecular weight excluding hydrogens is 286 g/mol. The second kappa shape index (κ2) is 7.13. The number of nitrogens with zero attached hydrogens (tertiary/aromatic N) is 3. The molecule has 0 atom stereocenters. The molecule has 0 saturated carbocycles. The van der Waals surface area contributed by atoms with Gasteiger partial charge in [0.25, 0.3) is 0 Å². The molecule has 0 spiro atoms. The number of guanidine groups is 1. The summed E-state index contributed by atoms with van der Waals surface area (Å²) in [5.74, 6) is 0.838. The molecule has 0 amide bonds. The maximum absolute atomic E-state index is 5.90. The minimum atomic E-state index is 0.694. The SMILES string of the molecule is CN=C(NCc1cn[nH]c1C)N(C)Cc1ccc(Cl)cc1. The minimum absolute atomic E-state index is 0.694. The third-order valence-corrected chi connectivity index (χ3v) is 3.53. The van der Waals surface area contributed by atoms with Crippen molar-refractivity contribution in [3.8, 4) is 0 Å². The van der Waals surface area contributed by atoms with Crippen LogP contribution in [0, 0.1) is 6.92 Å². The lowest BCUT2D eigenvalue weighted by atomic mass is 10.2. The van der Waals surface area contributed by atoms with Crippen LogP contribution in [0.5, 0.6) is 0 Å². The summed E-state index contributed by atoms with van der Waals surface area (Å²) < 4.78 is 0. The lowest BCUT2D eigenvalue weighted by Gasteiger charge is -2.22. The van der Waals surface area contributed by atoms with Gasteiger partial charge in [0, 0.05) is 43.5 Å². The number of aliphatic imine (C=N–C) groups is 1.